The Morgan fingerprint density at radius 2 is 1.76 bits per heavy atom. The van der Waals surface area contributed by atoms with Gasteiger partial charge in [0, 0.05) is 16.0 Å². The van der Waals surface area contributed by atoms with Gasteiger partial charge in [-0.1, -0.05) is 49.0 Å². The molecular formula is C18H17NOS. The third-order valence-corrected chi connectivity index (χ3v) is 4.41. The van der Waals surface area contributed by atoms with E-state index in [2.05, 4.69) is 47.4 Å². The Balaban J connectivity index is 1.81. The fraction of sp³-hybridized carbons (Fsp3) is 0.167. The Morgan fingerprint density at radius 1 is 1.00 bits per heavy atom. The summed E-state index contributed by atoms with van der Waals surface area (Å²) in [6.07, 6.45) is 2.04. The molecule has 0 saturated heterocycles. The SMILES string of the molecule is CC[C@H](O)c1ccc(Sc2ccc3ccccc3c2)cn1. The molecule has 3 heteroatoms. The lowest BCUT2D eigenvalue weighted by Gasteiger charge is -2.08. The monoisotopic (exact) mass is 295 g/mol. The van der Waals surface area contributed by atoms with Gasteiger partial charge < -0.3 is 5.11 Å². The molecule has 2 nitrogen and oxygen atoms in total. The van der Waals surface area contributed by atoms with Crippen molar-refractivity contribution in [1.82, 2.24) is 4.98 Å². The van der Waals surface area contributed by atoms with Crippen molar-refractivity contribution in [2.24, 2.45) is 0 Å². The van der Waals surface area contributed by atoms with Crippen molar-refractivity contribution >= 4 is 22.5 Å². The highest BCUT2D eigenvalue weighted by molar-refractivity contribution is 7.99. The molecule has 21 heavy (non-hydrogen) atoms. The number of aromatic nitrogens is 1. The highest BCUT2D eigenvalue weighted by Crippen LogP contribution is 2.30. The minimum absolute atomic E-state index is 0.468. The van der Waals surface area contributed by atoms with Crippen molar-refractivity contribution in [1.29, 1.82) is 0 Å². The number of hydrogen-bond donors (Lipinski definition) is 1. The summed E-state index contributed by atoms with van der Waals surface area (Å²) in [6.45, 7) is 1.95. The Hall–Kier alpha value is -1.84. The Bertz CT molecular complexity index is 740. The van der Waals surface area contributed by atoms with E-state index in [-0.39, 0.29) is 0 Å². The first-order valence-corrected chi connectivity index (χ1v) is 7.88. The molecule has 1 aromatic heterocycles. The van der Waals surface area contributed by atoms with Gasteiger partial charge in [0.05, 0.1) is 11.8 Å². The van der Waals surface area contributed by atoms with Gasteiger partial charge in [0.25, 0.3) is 0 Å². The molecule has 1 atom stereocenters. The van der Waals surface area contributed by atoms with Gasteiger partial charge in [-0.25, -0.2) is 0 Å². The molecule has 0 aliphatic carbocycles. The number of pyridine rings is 1. The summed E-state index contributed by atoms with van der Waals surface area (Å²) in [5.74, 6) is 0. The van der Waals surface area contributed by atoms with Crippen LogP contribution in [0, 0.1) is 0 Å². The maximum Gasteiger partial charge on any atom is 0.0957 e. The molecule has 0 spiro atoms. The minimum atomic E-state index is -0.468. The van der Waals surface area contributed by atoms with Crippen LogP contribution in [0.15, 0.2) is 70.6 Å². The standard InChI is InChI=1S/C18H17NOS/c1-2-18(20)17-10-9-16(12-19-17)21-15-8-7-13-5-3-4-6-14(13)11-15/h3-12,18,20H,2H2,1H3/t18-/m0/s1. The fourth-order valence-electron chi connectivity index (χ4n) is 2.23. The normalized spacial score (nSPS) is 12.5. The number of rotatable bonds is 4. The van der Waals surface area contributed by atoms with Crippen LogP contribution >= 0.6 is 11.8 Å². The number of hydrogen-bond acceptors (Lipinski definition) is 3. The van der Waals surface area contributed by atoms with E-state index in [1.54, 1.807) is 11.8 Å². The quantitative estimate of drug-likeness (QED) is 0.748. The van der Waals surface area contributed by atoms with Crippen LogP contribution in [0.3, 0.4) is 0 Å². The molecule has 0 aliphatic heterocycles. The second-order valence-corrected chi connectivity index (χ2v) is 6.10. The van der Waals surface area contributed by atoms with Crippen LogP contribution in [0.4, 0.5) is 0 Å². The van der Waals surface area contributed by atoms with E-state index in [1.807, 2.05) is 25.3 Å². The predicted molar refractivity (Wildman–Crippen MR) is 87.6 cm³/mol. The van der Waals surface area contributed by atoms with Crippen LogP contribution < -0.4 is 0 Å². The van der Waals surface area contributed by atoms with Gasteiger partial charge in [0.15, 0.2) is 0 Å². The number of benzene rings is 2. The summed E-state index contributed by atoms with van der Waals surface area (Å²) in [5, 5.41) is 12.3. The predicted octanol–water partition coefficient (Wildman–Crippen LogP) is 4.83. The van der Waals surface area contributed by atoms with Crippen molar-refractivity contribution in [3.8, 4) is 0 Å². The second kappa shape index (κ2) is 6.29. The van der Waals surface area contributed by atoms with Gasteiger partial charge in [0.2, 0.25) is 0 Å². The molecule has 1 N–H and O–H groups in total. The molecule has 0 aliphatic rings. The molecule has 0 saturated carbocycles. The zero-order chi connectivity index (χ0) is 14.7. The molecule has 0 fully saturated rings. The first kappa shape index (κ1) is 14.1. The summed E-state index contributed by atoms with van der Waals surface area (Å²) in [6, 6.07) is 18.7. The van der Waals surface area contributed by atoms with Crippen molar-refractivity contribution < 1.29 is 5.11 Å². The van der Waals surface area contributed by atoms with Gasteiger partial charge in [-0.15, -0.1) is 0 Å². The number of aliphatic hydroxyl groups excluding tert-OH is 1. The molecule has 3 rings (SSSR count). The molecule has 0 amide bonds. The number of fused-ring (bicyclic) bond motifs is 1. The van der Waals surface area contributed by atoms with Gasteiger partial charge >= 0.3 is 0 Å². The van der Waals surface area contributed by atoms with E-state index in [0.717, 1.165) is 10.6 Å². The van der Waals surface area contributed by atoms with Crippen LogP contribution in [0.1, 0.15) is 25.1 Å². The summed E-state index contributed by atoms with van der Waals surface area (Å²) in [5.41, 5.74) is 0.736. The molecule has 0 radical (unpaired) electrons. The van der Waals surface area contributed by atoms with Crippen molar-refractivity contribution in [3.63, 3.8) is 0 Å². The lowest BCUT2D eigenvalue weighted by atomic mass is 10.1. The topological polar surface area (TPSA) is 33.1 Å². The summed E-state index contributed by atoms with van der Waals surface area (Å²) in [7, 11) is 0. The van der Waals surface area contributed by atoms with E-state index < -0.39 is 6.10 Å². The summed E-state index contributed by atoms with van der Waals surface area (Å²) in [4.78, 5) is 6.61. The fourth-order valence-corrected chi connectivity index (χ4v) is 3.06. The largest absolute Gasteiger partial charge is 0.387 e. The second-order valence-electron chi connectivity index (χ2n) is 4.95. The lowest BCUT2D eigenvalue weighted by molar-refractivity contribution is 0.169. The van der Waals surface area contributed by atoms with Crippen LogP contribution in [-0.4, -0.2) is 10.1 Å². The average molecular weight is 295 g/mol. The molecule has 106 valence electrons. The summed E-state index contributed by atoms with van der Waals surface area (Å²) >= 11 is 1.69. The van der Waals surface area contributed by atoms with E-state index in [4.69, 9.17) is 0 Å². The highest BCUT2D eigenvalue weighted by atomic mass is 32.2. The third kappa shape index (κ3) is 3.26. The van der Waals surface area contributed by atoms with E-state index >= 15 is 0 Å². The van der Waals surface area contributed by atoms with E-state index in [1.165, 1.54) is 15.7 Å². The van der Waals surface area contributed by atoms with Gasteiger partial charge in [0.1, 0.15) is 0 Å². The number of aliphatic hydroxyl groups is 1. The van der Waals surface area contributed by atoms with E-state index in [0.29, 0.717) is 6.42 Å². The molecule has 0 unspecified atom stereocenters. The van der Waals surface area contributed by atoms with Gasteiger partial charge in [-0.05, 0) is 41.5 Å². The van der Waals surface area contributed by atoms with E-state index in [9.17, 15) is 5.11 Å². The molecule has 2 aromatic carbocycles. The lowest BCUT2D eigenvalue weighted by Crippen LogP contribution is -1.97. The van der Waals surface area contributed by atoms with Gasteiger partial charge in [-0.2, -0.15) is 0 Å². The number of nitrogens with zero attached hydrogens (tertiary/aromatic N) is 1. The minimum Gasteiger partial charge on any atom is -0.387 e. The Labute approximate surface area is 128 Å². The smallest absolute Gasteiger partial charge is 0.0957 e. The zero-order valence-corrected chi connectivity index (χ0v) is 12.7. The first-order chi connectivity index (χ1) is 10.3. The first-order valence-electron chi connectivity index (χ1n) is 7.07. The van der Waals surface area contributed by atoms with Crippen LogP contribution in [0.2, 0.25) is 0 Å². The zero-order valence-electron chi connectivity index (χ0n) is 11.9. The highest BCUT2D eigenvalue weighted by Gasteiger charge is 2.06. The van der Waals surface area contributed by atoms with Gasteiger partial charge in [-0.3, -0.25) is 4.98 Å². The molecule has 1 heterocycles. The van der Waals surface area contributed by atoms with Crippen molar-refractivity contribution in [2.45, 2.75) is 29.2 Å². The summed E-state index contributed by atoms with van der Waals surface area (Å²) < 4.78 is 0. The molecule has 3 aromatic rings. The Morgan fingerprint density at radius 3 is 2.48 bits per heavy atom. The Kier molecular flexibility index (Phi) is 4.23. The third-order valence-electron chi connectivity index (χ3n) is 3.44. The molecule has 0 bridgehead atoms. The average Bonchev–Trinajstić information content (AvgIpc) is 2.55. The van der Waals surface area contributed by atoms with Crippen molar-refractivity contribution in [3.05, 3.63) is 66.5 Å². The van der Waals surface area contributed by atoms with Crippen LogP contribution in [-0.2, 0) is 0 Å². The van der Waals surface area contributed by atoms with Crippen LogP contribution in [0.5, 0.6) is 0 Å². The van der Waals surface area contributed by atoms with Crippen molar-refractivity contribution in [2.75, 3.05) is 0 Å². The molecular weight excluding hydrogens is 278 g/mol. The van der Waals surface area contributed by atoms with Crippen LogP contribution in [0.25, 0.3) is 10.8 Å². The maximum atomic E-state index is 9.76. The maximum absolute atomic E-state index is 9.76.